The molecule has 0 saturated carbocycles. The summed E-state index contributed by atoms with van der Waals surface area (Å²) in [6.07, 6.45) is -10.9. The zero-order chi connectivity index (χ0) is 17.1. The Bertz CT molecular complexity index is 558. The van der Waals surface area contributed by atoms with E-state index in [9.17, 15) is 31.1 Å². The molecule has 22 heavy (non-hydrogen) atoms. The molecule has 0 spiro atoms. The summed E-state index contributed by atoms with van der Waals surface area (Å²) in [5, 5.41) is 0. The standard InChI is InChI=1S/C11H8ClF6NO3/c1-21-7(20)2-5-4-19-6(3-12)9(22-11(16,17)18)8(5)10(13,14)15/h4H,2-3H2,1H3. The molecule has 0 radical (unpaired) electrons. The summed E-state index contributed by atoms with van der Waals surface area (Å²) in [5.41, 5.74) is -3.33. The van der Waals surface area contributed by atoms with Gasteiger partial charge in [0.25, 0.3) is 0 Å². The normalized spacial score (nSPS) is 12.2. The molecule has 4 nitrogen and oxygen atoms in total. The lowest BCUT2D eigenvalue weighted by Crippen LogP contribution is -2.23. The molecule has 0 aliphatic rings. The lowest BCUT2D eigenvalue weighted by atomic mass is 10.0. The highest BCUT2D eigenvalue weighted by Crippen LogP contribution is 2.42. The van der Waals surface area contributed by atoms with Crippen LogP contribution in [0.2, 0.25) is 0 Å². The van der Waals surface area contributed by atoms with Gasteiger partial charge in [0.2, 0.25) is 0 Å². The maximum atomic E-state index is 13.1. The minimum Gasteiger partial charge on any atom is -0.469 e. The van der Waals surface area contributed by atoms with Crippen molar-refractivity contribution >= 4 is 17.6 Å². The lowest BCUT2D eigenvalue weighted by molar-refractivity contribution is -0.276. The SMILES string of the molecule is COC(=O)Cc1cnc(CCl)c(OC(F)(F)F)c1C(F)(F)F. The van der Waals surface area contributed by atoms with E-state index in [1.165, 1.54) is 0 Å². The summed E-state index contributed by atoms with van der Waals surface area (Å²) in [6, 6.07) is 0. The van der Waals surface area contributed by atoms with Crippen molar-refractivity contribution in [3.05, 3.63) is 23.0 Å². The van der Waals surface area contributed by atoms with Gasteiger partial charge in [0, 0.05) is 6.20 Å². The number of esters is 1. The quantitative estimate of drug-likeness (QED) is 0.473. The first-order valence-corrected chi connectivity index (χ1v) is 5.99. The number of rotatable bonds is 4. The highest BCUT2D eigenvalue weighted by atomic mass is 35.5. The molecule has 0 amide bonds. The van der Waals surface area contributed by atoms with Crippen LogP contribution in [0.25, 0.3) is 0 Å². The molecule has 124 valence electrons. The zero-order valence-corrected chi connectivity index (χ0v) is 11.6. The number of halogens is 7. The smallest absolute Gasteiger partial charge is 0.469 e. The van der Waals surface area contributed by atoms with Crippen LogP contribution in [0.5, 0.6) is 5.75 Å². The number of hydrogen-bond acceptors (Lipinski definition) is 4. The van der Waals surface area contributed by atoms with Gasteiger partial charge in [0.15, 0.2) is 5.75 Å². The highest BCUT2D eigenvalue weighted by Gasteiger charge is 2.43. The molecule has 0 atom stereocenters. The van der Waals surface area contributed by atoms with Crippen molar-refractivity contribution < 1.29 is 40.6 Å². The second-order valence-corrected chi connectivity index (χ2v) is 4.13. The topological polar surface area (TPSA) is 48.4 Å². The van der Waals surface area contributed by atoms with E-state index >= 15 is 0 Å². The number of aromatic nitrogens is 1. The van der Waals surface area contributed by atoms with Crippen LogP contribution in [0.3, 0.4) is 0 Å². The first kappa shape index (κ1) is 18.3. The molecule has 1 heterocycles. The van der Waals surface area contributed by atoms with Gasteiger partial charge in [-0.3, -0.25) is 9.78 Å². The van der Waals surface area contributed by atoms with Crippen LogP contribution in [0, 0.1) is 0 Å². The Hall–Kier alpha value is -1.71. The third kappa shape index (κ3) is 4.65. The second-order valence-electron chi connectivity index (χ2n) is 3.87. The van der Waals surface area contributed by atoms with E-state index in [-0.39, 0.29) is 0 Å². The first-order valence-electron chi connectivity index (χ1n) is 5.46. The van der Waals surface area contributed by atoms with E-state index < -0.39 is 53.4 Å². The van der Waals surface area contributed by atoms with E-state index in [0.717, 1.165) is 7.11 Å². The second kappa shape index (κ2) is 6.59. The van der Waals surface area contributed by atoms with Gasteiger partial charge in [-0.25, -0.2) is 0 Å². The van der Waals surface area contributed by atoms with Crippen molar-refractivity contribution in [2.75, 3.05) is 7.11 Å². The summed E-state index contributed by atoms with van der Waals surface area (Å²) in [4.78, 5) is 14.5. The first-order chi connectivity index (χ1) is 9.99. The van der Waals surface area contributed by atoms with Gasteiger partial charge in [-0.15, -0.1) is 24.8 Å². The van der Waals surface area contributed by atoms with E-state index in [2.05, 4.69) is 14.5 Å². The molecule has 0 unspecified atom stereocenters. The molecule has 0 bridgehead atoms. The fourth-order valence-electron chi connectivity index (χ4n) is 1.56. The molecule has 0 fully saturated rings. The van der Waals surface area contributed by atoms with Gasteiger partial charge >= 0.3 is 18.5 Å². The number of alkyl halides is 7. The molecule has 1 rings (SSSR count). The van der Waals surface area contributed by atoms with Gasteiger partial charge in [-0.2, -0.15) is 13.2 Å². The predicted molar refractivity (Wildman–Crippen MR) is 61.2 cm³/mol. The summed E-state index contributed by atoms with van der Waals surface area (Å²) in [7, 11) is 0.920. The molecular formula is C11H8ClF6NO3. The van der Waals surface area contributed by atoms with Crippen LogP contribution >= 0.6 is 11.6 Å². The Balaban J connectivity index is 3.54. The largest absolute Gasteiger partial charge is 0.573 e. The Kier molecular flexibility index (Phi) is 5.49. The van der Waals surface area contributed by atoms with Crippen molar-refractivity contribution in [3.8, 4) is 5.75 Å². The number of carbonyl (C=O) groups is 1. The average Bonchev–Trinajstić information content (AvgIpc) is 2.35. The summed E-state index contributed by atoms with van der Waals surface area (Å²) in [5.74, 6) is -3.40. The summed E-state index contributed by atoms with van der Waals surface area (Å²) >= 11 is 5.30. The van der Waals surface area contributed by atoms with Crippen molar-refractivity contribution in [3.63, 3.8) is 0 Å². The van der Waals surface area contributed by atoms with Crippen molar-refractivity contribution in [2.45, 2.75) is 24.8 Å². The Morgan fingerprint density at radius 1 is 1.27 bits per heavy atom. The monoisotopic (exact) mass is 351 g/mol. The van der Waals surface area contributed by atoms with Crippen LogP contribution < -0.4 is 4.74 Å². The lowest BCUT2D eigenvalue weighted by Gasteiger charge is -2.20. The maximum absolute atomic E-state index is 13.1. The van der Waals surface area contributed by atoms with Gasteiger partial charge in [0.05, 0.1) is 25.1 Å². The predicted octanol–water partition coefficient (Wildman–Crippen LogP) is 3.45. The van der Waals surface area contributed by atoms with Crippen molar-refractivity contribution in [1.29, 1.82) is 0 Å². The van der Waals surface area contributed by atoms with Gasteiger partial charge < -0.3 is 9.47 Å². The van der Waals surface area contributed by atoms with Crippen LogP contribution in [-0.4, -0.2) is 24.4 Å². The molecule has 0 aliphatic carbocycles. The van der Waals surface area contributed by atoms with E-state index in [1.54, 1.807) is 0 Å². The third-order valence-corrected chi connectivity index (χ3v) is 2.63. The average molecular weight is 352 g/mol. The molecule has 0 N–H and O–H groups in total. The van der Waals surface area contributed by atoms with Gasteiger partial charge in [-0.05, 0) is 5.56 Å². The van der Waals surface area contributed by atoms with Crippen LogP contribution in [-0.2, 0) is 28.0 Å². The fourth-order valence-corrected chi connectivity index (χ4v) is 1.75. The van der Waals surface area contributed by atoms with E-state index in [4.69, 9.17) is 11.6 Å². The van der Waals surface area contributed by atoms with Gasteiger partial charge in [-0.1, -0.05) is 0 Å². The number of hydrogen-bond donors (Lipinski definition) is 0. The molecular weight excluding hydrogens is 344 g/mol. The molecule has 0 aromatic carbocycles. The fraction of sp³-hybridized carbons (Fsp3) is 0.455. The maximum Gasteiger partial charge on any atom is 0.573 e. The third-order valence-electron chi connectivity index (χ3n) is 2.38. The number of nitrogens with zero attached hydrogens (tertiary/aromatic N) is 1. The van der Waals surface area contributed by atoms with Crippen molar-refractivity contribution in [1.82, 2.24) is 4.98 Å². The number of ether oxygens (including phenoxy) is 2. The Morgan fingerprint density at radius 3 is 2.27 bits per heavy atom. The molecule has 0 aliphatic heterocycles. The number of pyridine rings is 1. The molecule has 1 aromatic rings. The minimum atomic E-state index is -5.38. The molecule has 11 heteroatoms. The zero-order valence-electron chi connectivity index (χ0n) is 10.8. The van der Waals surface area contributed by atoms with Gasteiger partial charge in [0.1, 0.15) is 5.56 Å². The minimum absolute atomic E-state index is 0.612. The Labute approximate surface area is 125 Å². The number of carbonyl (C=O) groups excluding carboxylic acids is 1. The van der Waals surface area contributed by atoms with Crippen LogP contribution in [0.1, 0.15) is 16.8 Å². The van der Waals surface area contributed by atoms with E-state index in [0.29, 0.717) is 6.20 Å². The van der Waals surface area contributed by atoms with Crippen LogP contribution in [0.4, 0.5) is 26.3 Å². The number of methoxy groups -OCH3 is 1. The summed E-state index contributed by atoms with van der Waals surface area (Å²) < 4.78 is 83.9. The van der Waals surface area contributed by atoms with Crippen molar-refractivity contribution in [2.24, 2.45) is 0 Å². The Morgan fingerprint density at radius 2 is 1.86 bits per heavy atom. The molecule has 0 saturated heterocycles. The van der Waals surface area contributed by atoms with Crippen LogP contribution in [0.15, 0.2) is 6.20 Å². The summed E-state index contributed by atoms with van der Waals surface area (Å²) in [6.45, 7) is 0. The molecule has 1 aromatic heterocycles. The van der Waals surface area contributed by atoms with E-state index in [1.807, 2.05) is 0 Å². The highest BCUT2D eigenvalue weighted by molar-refractivity contribution is 6.17.